The fourth-order valence-electron chi connectivity index (χ4n) is 2.00. The van der Waals surface area contributed by atoms with Crippen LogP contribution in [0.4, 0.5) is 0 Å². The number of Topliss-reactive ketones (excluding diaryl/α,β-unsaturated/α-hetero) is 1. The predicted octanol–water partition coefficient (Wildman–Crippen LogP) is 2.63. The lowest BCUT2D eigenvalue weighted by Crippen LogP contribution is -2.08. The molecule has 0 amide bonds. The van der Waals surface area contributed by atoms with Gasteiger partial charge in [0.05, 0.1) is 12.4 Å². The maximum atomic E-state index is 12.3. The summed E-state index contributed by atoms with van der Waals surface area (Å²) in [5.41, 5.74) is 3.83. The number of aromatic amines is 1. The van der Waals surface area contributed by atoms with Crippen molar-refractivity contribution in [2.24, 2.45) is 0 Å². The fraction of sp³-hybridized carbons (Fsp3) is 0.385. The van der Waals surface area contributed by atoms with E-state index in [1.165, 1.54) is 23.1 Å². The van der Waals surface area contributed by atoms with Crippen LogP contribution in [-0.4, -0.2) is 39.3 Å². The van der Waals surface area contributed by atoms with Gasteiger partial charge in [-0.1, -0.05) is 23.1 Å². The van der Waals surface area contributed by atoms with Gasteiger partial charge in [-0.25, -0.2) is 4.79 Å². The first-order valence-electron chi connectivity index (χ1n) is 6.33. The number of ether oxygens (including phenoxy) is 1. The average Bonchev–Trinajstić information content (AvgIpc) is 3.05. The quantitative estimate of drug-likeness (QED) is 0.499. The topological polar surface area (TPSA) is 84.9 Å². The van der Waals surface area contributed by atoms with Crippen molar-refractivity contribution >= 4 is 34.9 Å². The molecule has 6 nitrogen and oxygen atoms in total. The van der Waals surface area contributed by atoms with Crippen molar-refractivity contribution in [2.75, 3.05) is 12.4 Å². The minimum atomic E-state index is -0.436. The van der Waals surface area contributed by atoms with Crippen LogP contribution in [0.25, 0.3) is 0 Å². The molecule has 0 spiro atoms. The third-order valence-corrected chi connectivity index (χ3v) is 4.72. The number of ketones is 1. The molecule has 0 aliphatic carbocycles. The van der Waals surface area contributed by atoms with Gasteiger partial charge in [0, 0.05) is 11.3 Å². The van der Waals surface area contributed by atoms with Crippen LogP contribution in [0.1, 0.15) is 39.0 Å². The number of hydrogen-bond donors (Lipinski definition) is 1. The van der Waals surface area contributed by atoms with E-state index in [1.54, 1.807) is 26.3 Å². The lowest BCUT2D eigenvalue weighted by Gasteiger charge is -2.02. The van der Waals surface area contributed by atoms with E-state index in [1.807, 2.05) is 0 Å². The number of aryl methyl sites for hydroxylation is 1. The van der Waals surface area contributed by atoms with E-state index < -0.39 is 5.97 Å². The Labute approximate surface area is 130 Å². The zero-order valence-corrected chi connectivity index (χ0v) is 13.6. The summed E-state index contributed by atoms with van der Waals surface area (Å²) in [6.45, 7) is 5.57. The van der Waals surface area contributed by atoms with E-state index in [2.05, 4.69) is 15.2 Å². The van der Waals surface area contributed by atoms with Gasteiger partial charge in [0.1, 0.15) is 11.2 Å². The van der Waals surface area contributed by atoms with Crippen molar-refractivity contribution in [3.05, 3.63) is 28.0 Å². The molecular weight excluding hydrogens is 310 g/mol. The Morgan fingerprint density at radius 2 is 2.19 bits per heavy atom. The summed E-state index contributed by atoms with van der Waals surface area (Å²) in [6.07, 6.45) is 0. The molecule has 0 aliphatic rings. The lowest BCUT2D eigenvalue weighted by molar-refractivity contribution is 0.0519. The van der Waals surface area contributed by atoms with Crippen LogP contribution in [0.3, 0.4) is 0 Å². The molecule has 112 valence electrons. The number of hydrogen-bond acceptors (Lipinski definition) is 7. The minimum absolute atomic E-state index is 0.0444. The average molecular weight is 325 g/mol. The summed E-state index contributed by atoms with van der Waals surface area (Å²) in [5.74, 6) is -0.220. The largest absolute Gasteiger partial charge is 0.461 e. The van der Waals surface area contributed by atoms with Crippen LogP contribution in [0.15, 0.2) is 9.85 Å². The van der Waals surface area contributed by atoms with Crippen LogP contribution >= 0.6 is 23.1 Å². The molecular formula is C13H15N3O3S2. The van der Waals surface area contributed by atoms with Crippen molar-refractivity contribution < 1.29 is 14.3 Å². The third-order valence-electron chi connectivity index (χ3n) is 2.86. The highest BCUT2D eigenvalue weighted by Crippen LogP contribution is 2.24. The first kappa shape index (κ1) is 15.7. The first-order valence-corrected chi connectivity index (χ1v) is 8.19. The number of carbonyl (C=O) groups is 2. The van der Waals surface area contributed by atoms with Gasteiger partial charge in [-0.3, -0.25) is 4.79 Å². The molecule has 0 unspecified atom stereocenters. The van der Waals surface area contributed by atoms with Crippen molar-refractivity contribution in [1.29, 1.82) is 0 Å². The second-order valence-corrected chi connectivity index (χ2v) is 6.32. The standard InChI is InChI=1S/C13H15N3O3S2/c1-4-19-12(18)11-7(2)10(8(3)15-11)9(17)5-20-13-16-14-6-21-13/h6,15H,4-5H2,1-3H3. The number of rotatable bonds is 6. The molecule has 1 N–H and O–H groups in total. The molecule has 0 aromatic carbocycles. The monoisotopic (exact) mass is 325 g/mol. The summed E-state index contributed by atoms with van der Waals surface area (Å²) in [7, 11) is 0. The highest BCUT2D eigenvalue weighted by molar-refractivity contribution is 8.01. The van der Waals surface area contributed by atoms with Crippen LogP contribution in [0.2, 0.25) is 0 Å². The molecule has 2 rings (SSSR count). The van der Waals surface area contributed by atoms with E-state index in [-0.39, 0.29) is 11.5 Å². The molecule has 0 radical (unpaired) electrons. The second kappa shape index (κ2) is 6.86. The first-order chi connectivity index (χ1) is 10.0. The van der Waals surface area contributed by atoms with Gasteiger partial charge in [-0.2, -0.15) is 0 Å². The molecule has 0 atom stereocenters. The van der Waals surface area contributed by atoms with Crippen LogP contribution in [-0.2, 0) is 4.74 Å². The molecule has 0 aliphatic heterocycles. The van der Waals surface area contributed by atoms with E-state index in [9.17, 15) is 9.59 Å². The van der Waals surface area contributed by atoms with Crippen LogP contribution < -0.4 is 0 Å². The summed E-state index contributed by atoms with van der Waals surface area (Å²) in [6, 6.07) is 0. The van der Waals surface area contributed by atoms with Crippen molar-refractivity contribution in [1.82, 2.24) is 15.2 Å². The number of carbonyl (C=O) groups excluding carboxylic acids is 2. The number of aromatic nitrogens is 3. The highest BCUT2D eigenvalue weighted by atomic mass is 32.2. The van der Waals surface area contributed by atoms with Gasteiger partial charge < -0.3 is 9.72 Å². The molecule has 0 fully saturated rings. The Morgan fingerprint density at radius 1 is 1.43 bits per heavy atom. The maximum absolute atomic E-state index is 12.3. The summed E-state index contributed by atoms with van der Waals surface area (Å²) in [4.78, 5) is 27.1. The van der Waals surface area contributed by atoms with Crippen molar-refractivity contribution in [3.63, 3.8) is 0 Å². The van der Waals surface area contributed by atoms with E-state index in [4.69, 9.17) is 4.74 Å². The van der Waals surface area contributed by atoms with E-state index in [0.717, 1.165) is 4.34 Å². The summed E-state index contributed by atoms with van der Waals surface area (Å²) < 4.78 is 5.72. The second-order valence-electron chi connectivity index (χ2n) is 4.26. The van der Waals surface area contributed by atoms with Gasteiger partial charge in [0.2, 0.25) is 0 Å². The molecule has 0 bridgehead atoms. The number of nitrogens with one attached hydrogen (secondary N) is 1. The Morgan fingerprint density at radius 3 is 2.81 bits per heavy atom. The number of H-pyrrole nitrogens is 1. The molecule has 2 aromatic heterocycles. The van der Waals surface area contributed by atoms with Gasteiger partial charge in [0.15, 0.2) is 10.1 Å². The Kier molecular flexibility index (Phi) is 5.13. The Hall–Kier alpha value is -1.67. The fourth-order valence-corrected chi connectivity index (χ4v) is 3.36. The smallest absolute Gasteiger partial charge is 0.355 e. The zero-order chi connectivity index (χ0) is 15.4. The molecule has 0 saturated heterocycles. The highest BCUT2D eigenvalue weighted by Gasteiger charge is 2.22. The molecule has 0 saturated carbocycles. The molecule has 2 aromatic rings. The Bertz CT molecular complexity index is 650. The minimum Gasteiger partial charge on any atom is -0.461 e. The van der Waals surface area contributed by atoms with E-state index >= 15 is 0 Å². The number of thioether (sulfide) groups is 1. The zero-order valence-electron chi connectivity index (χ0n) is 11.9. The van der Waals surface area contributed by atoms with Gasteiger partial charge in [0.25, 0.3) is 0 Å². The SMILES string of the molecule is CCOC(=O)c1[nH]c(C)c(C(=O)CSc2nncs2)c1C. The normalized spacial score (nSPS) is 10.6. The maximum Gasteiger partial charge on any atom is 0.355 e. The number of esters is 1. The van der Waals surface area contributed by atoms with Crippen LogP contribution in [0, 0.1) is 13.8 Å². The molecule has 21 heavy (non-hydrogen) atoms. The van der Waals surface area contributed by atoms with Crippen molar-refractivity contribution in [2.45, 2.75) is 25.1 Å². The van der Waals surface area contributed by atoms with Gasteiger partial charge in [-0.15, -0.1) is 10.2 Å². The van der Waals surface area contributed by atoms with E-state index in [0.29, 0.717) is 29.1 Å². The number of nitrogens with zero attached hydrogens (tertiary/aromatic N) is 2. The molecule has 2 heterocycles. The van der Waals surface area contributed by atoms with Crippen LogP contribution in [0.5, 0.6) is 0 Å². The predicted molar refractivity (Wildman–Crippen MR) is 81.2 cm³/mol. The van der Waals surface area contributed by atoms with Crippen molar-refractivity contribution in [3.8, 4) is 0 Å². The van der Waals surface area contributed by atoms with Gasteiger partial charge in [-0.05, 0) is 26.3 Å². The van der Waals surface area contributed by atoms with Gasteiger partial charge >= 0.3 is 5.97 Å². The summed E-state index contributed by atoms with van der Waals surface area (Å²) in [5, 5.41) is 7.61. The molecule has 8 heteroatoms. The third kappa shape index (κ3) is 3.51. The Balaban J connectivity index is 2.15. The summed E-state index contributed by atoms with van der Waals surface area (Å²) >= 11 is 2.73. The lowest BCUT2D eigenvalue weighted by atomic mass is 10.1.